The highest BCUT2D eigenvalue weighted by Gasteiger charge is 2.23. The fraction of sp³-hybridized carbons (Fsp3) is 0.455. The van der Waals surface area contributed by atoms with E-state index in [0.717, 1.165) is 0 Å². The summed E-state index contributed by atoms with van der Waals surface area (Å²) in [4.78, 5) is 0. The highest BCUT2D eigenvalue weighted by molar-refractivity contribution is 5.19. The largest absolute Gasteiger partial charge is 0.103 e. The molecule has 0 aromatic heterocycles. The molecule has 0 aliphatic heterocycles. The standard InChI is InChI=1S/C11H16/c1-4-9-7-10(5-2)11(6-3)8-9/h4-6,9-10H,1-2,7-8H2,3H3/b11-6+. The van der Waals surface area contributed by atoms with Crippen molar-refractivity contribution in [1.29, 1.82) is 0 Å². The Kier molecular flexibility index (Phi) is 2.70. The molecular formula is C11H16. The van der Waals surface area contributed by atoms with Gasteiger partial charge in [0.1, 0.15) is 0 Å². The van der Waals surface area contributed by atoms with Gasteiger partial charge in [0.25, 0.3) is 0 Å². The summed E-state index contributed by atoms with van der Waals surface area (Å²) in [6, 6.07) is 0. The average molecular weight is 148 g/mol. The predicted molar refractivity (Wildman–Crippen MR) is 50.4 cm³/mol. The zero-order chi connectivity index (χ0) is 8.27. The van der Waals surface area contributed by atoms with Crippen LogP contribution in [0.2, 0.25) is 0 Å². The maximum Gasteiger partial charge on any atom is -0.00201 e. The molecule has 0 amide bonds. The van der Waals surface area contributed by atoms with Gasteiger partial charge in [-0.2, -0.15) is 0 Å². The third kappa shape index (κ3) is 1.62. The van der Waals surface area contributed by atoms with Crippen molar-refractivity contribution < 1.29 is 0 Å². The molecule has 0 heteroatoms. The minimum absolute atomic E-state index is 0.614. The molecule has 0 saturated heterocycles. The van der Waals surface area contributed by atoms with Crippen molar-refractivity contribution in [2.75, 3.05) is 0 Å². The lowest BCUT2D eigenvalue weighted by Crippen LogP contribution is -1.90. The van der Waals surface area contributed by atoms with Gasteiger partial charge in [-0.15, -0.1) is 13.2 Å². The van der Waals surface area contributed by atoms with Crippen molar-refractivity contribution in [2.24, 2.45) is 11.8 Å². The van der Waals surface area contributed by atoms with Crippen LogP contribution in [0, 0.1) is 11.8 Å². The Morgan fingerprint density at radius 3 is 2.45 bits per heavy atom. The first-order valence-corrected chi connectivity index (χ1v) is 4.22. The van der Waals surface area contributed by atoms with Gasteiger partial charge in [-0.05, 0) is 31.6 Å². The van der Waals surface area contributed by atoms with Crippen LogP contribution in [0.15, 0.2) is 37.0 Å². The molecule has 1 saturated carbocycles. The highest BCUT2D eigenvalue weighted by Crippen LogP contribution is 2.36. The summed E-state index contributed by atoms with van der Waals surface area (Å²) in [6.07, 6.45) is 8.74. The maximum atomic E-state index is 3.83. The molecule has 0 aromatic rings. The Hall–Kier alpha value is -0.780. The molecule has 1 fully saturated rings. The fourth-order valence-corrected chi connectivity index (χ4v) is 1.77. The van der Waals surface area contributed by atoms with E-state index in [-0.39, 0.29) is 0 Å². The second kappa shape index (κ2) is 3.56. The molecule has 1 aliphatic rings. The van der Waals surface area contributed by atoms with E-state index in [1.54, 1.807) is 0 Å². The van der Waals surface area contributed by atoms with E-state index in [4.69, 9.17) is 0 Å². The molecule has 60 valence electrons. The lowest BCUT2D eigenvalue weighted by molar-refractivity contribution is 0.648. The molecule has 0 bridgehead atoms. The van der Waals surface area contributed by atoms with Gasteiger partial charge in [0.15, 0.2) is 0 Å². The van der Waals surface area contributed by atoms with Gasteiger partial charge in [-0.25, -0.2) is 0 Å². The summed E-state index contributed by atoms with van der Waals surface area (Å²) in [6.45, 7) is 9.76. The summed E-state index contributed by atoms with van der Waals surface area (Å²) in [5.74, 6) is 1.30. The second-order valence-corrected chi connectivity index (χ2v) is 3.14. The van der Waals surface area contributed by atoms with Crippen LogP contribution >= 0.6 is 0 Å². The minimum Gasteiger partial charge on any atom is -0.103 e. The van der Waals surface area contributed by atoms with Crippen LogP contribution in [-0.2, 0) is 0 Å². The van der Waals surface area contributed by atoms with Crippen LogP contribution in [-0.4, -0.2) is 0 Å². The Bertz CT molecular complexity index is 186. The first kappa shape index (κ1) is 8.32. The molecule has 0 heterocycles. The van der Waals surface area contributed by atoms with Gasteiger partial charge in [0.05, 0.1) is 0 Å². The molecule has 1 rings (SSSR count). The van der Waals surface area contributed by atoms with Crippen molar-refractivity contribution in [3.05, 3.63) is 37.0 Å². The van der Waals surface area contributed by atoms with E-state index in [9.17, 15) is 0 Å². The van der Waals surface area contributed by atoms with Crippen LogP contribution in [0.3, 0.4) is 0 Å². The van der Waals surface area contributed by atoms with Crippen LogP contribution in [0.1, 0.15) is 19.8 Å². The molecule has 0 aromatic carbocycles. The van der Waals surface area contributed by atoms with Crippen LogP contribution in [0.4, 0.5) is 0 Å². The van der Waals surface area contributed by atoms with Crippen molar-refractivity contribution in [1.82, 2.24) is 0 Å². The van der Waals surface area contributed by atoms with Gasteiger partial charge in [0, 0.05) is 0 Å². The van der Waals surface area contributed by atoms with E-state index in [2.05, 4.69) is 38.3 Å². The molecule has 0 spiro atoms. The second-order valence-electron chi connectivity index (χ2n) is 3.14. The third-order valence-corrected chi connectivity index (χ3v) is 2.52. The fourth-order valence-electron chi connectivity index (χ4n) is 1.77. The molecule has 0 radical (unpaired) electrons. The summed E-state index contributed by atoms with van der Waals surface area (Å²) in [5, 5.41) is 0. The molecule has 2 atom stereocenters. The number of hydrogen-bond donors (Lipinski definition) is 0. The topological polar surface area (TPSA) is 0 Å². The first-order valence-electron chi connectivity index (χ1n) is 4.22. The third-order valence-electron chi connectivity index (χ3n) is 2.52. The quantitative estimate of drug-likeness (QED) is 0.527. The Balaban J connectivity index is 2.69. The zero-order valence-corrected chi connectivity index (χ0v) is 7.22. The van der Waals surface area contributed by atoms with Crippen molar-refractivity contribution >= 4 is 0 Å². The smallest absolute Gasteiger partial charge is 0.00201 e. The SMILES string of the molecule is C=CC1C/C(=C\C)C(C=C)C1. The lowest BCUT2D eigenvalue weighted by Gasteiger charge is -2.02. The van der Waals surface area contributed by atoms with Crippen LogP contribution in [0.5, 0.6) is 0 Å². The lowest BCUT2D eigenvalue weighted by atomic mass is 10.0. The molecule has 0 nitrogen and oxygen atoms in total. The maximum absolute atomic E-state index is 3.83. The van der Waals surface area contributed by atoms with Crippen molar-refractivity contribution in [3.63, 3.8) is 0 Å². The van der Waals surface area contributed by atoms with Gasteiger partial charge < -0.3 is 0 Å². The predicted octanol–water partition coefficient (Wildman–Crippen LogP) is 3.33. The first-order chi connectivity index (χ1) is 5.31. The number of allylic oxidation sites excluding steroid dienone is 4. The molecular weight excluding hydrogens is 132 g/mol. The van der Waals surface area contributed by atoms with Crippen molar-refractivity contribution in [3.8, 4) is 0 Å². The van der Waals surface area contributed by atoms with E-state index < -0.39 is 0 Å². The number of hydrogen-bond acceptors (Lipinski definition) is 0. The molecule has 1 aliphatic carbocycles. The van der Waals surface area contributed by atoms with Crippen LogP contribution < -0.4 is 0 Å². The molecule has 11 heavy (non-hydrogen) atoms. The Morgan fingerprint density at radius 2 is 2.09 bits per heavy atom. The average Bonchev–Trinajstić information content (AvgIpc) is 2.46. The van der Waals surface area contributed by atoms with E-state index >= 15 is 0 Å². The highest BCUT2D eigenvalue weighted by atomic mass is 14.3. The zero-order valence-electron chi connectivity index (χ0n) is 7.22. The van der Waals surface area contributed by atoms with E-state index in [0.29, 0.717) is 11.8 Å². The van der Waals surface area contributed by atoms with Crippen molar-refractivity contribution in [2.45, 2.75) is 19.8 Å². The van der Waals surface area contributed by atoms with Gasteiger partial charge in [-0.1, -0.05) is 23.8 Å². The summed E-state index contributed by atoms with van der Waals surface area (Å²) >= 11 is 0. The Labute approximate surface area is 69.3 Å². The van der Waals surface area contributed by atoms with Gasteiger partial charge >= 0.3 is 0 Å². The Morgan fingerprint density at radius 1 is 1.36 bits per heavy atom. The number of rotatable bonds is 2. The van der Waals surface area contributed by atoms with Gasteiger partial charge in [-0.3, -0.25) is 0 Å². The van der Waals surface area contributed by atoms with Gasteiger partial charge in [0.2, 0.25) is 0 Å². The molecule has 0 N–H and O–H groups in total. The minimum atomic E-state index is 0.614. The normalized spacial score (nSPS) is 34.1. The van der Waals surface area contributed by atoms with E-state index in [1.165, 1.54) is 18.4 Å². The summed E-state index contributed by atoms with van der Waals surface area (Å²) in [5.41, 5.74) is 1.53. The van der Waals surface area contributed by atoms with Crippen LogP contribution in [0.25, 0.3) is 0 Å². The molecule has 2 unspecified atom stereocenters. The van der Waals surface area contributed by atoms with E-state index in [1.807, 2.05) is 0 Å². The summed E-state index contributed by atoms with van der Waals surface area (Å²) < 4.78 is 0. The summed E-state index contributed by atoms with van der Waals surface area (Å²) in [7, 11) is 0. The monoisotopic (exact) mass is 148 g/mol.